The first-order valence-electron chi connectivity index (χ1n) is 8.62. The largest absolute Gasteiger partial charge is 0.481 e. The highest BCUT2D eigenvalue weighted by Gasteiger charge is 2.28. The fraction of sp³-hybridized carbons (Fsp3) is 0.0909. The van der Waals surface area contributed by atoms with Gasteiger partial charge < -0.3 is 10.2 Å². The summed E-state index contributed by atoms with van der Waals surface area (Å²) in [5.41, 5.74) is 0.853. The van der Waals surface area contributed by atoms with Crippen molar-refractivity contribution >= 4 is 46.9 Å². The Hall–Kier alpha value is -2.47. The Kier molecular flexibility index (Phi) is 6.85. The van der Waals surface area contributed by atoms with Crippen LogP contribution in [0.4, 0.5) is 0 Å². The highest BCUT2D eigenvalue weighted by atomic mass is 35.5. The van der Waals surface area contributed by atoms with E-state index in [4.69, 9.17) is 23.2 Å². The minimum absolute atomic E-state index is 0.0513. The predicted octanol–water partition coefficient (Wildman–Crippen LogP) is 6.25. The van der Waals surface area contributed by atoms with Gasteiger partial charge in [-0.1, -0.05) is 65.3 Å². The number of aliphatic carboxylic acids is 1. The van der Waals surface area contributed by atoms with E-state index in [2.05, 4.69) is 0 Å². The summed E-state index contributed by atoms with van der Waals surface area (Å²) < 4.78 is 0. The fourth-order valence-corrected chi connectivity index (χ4v) is 4.45. The van der Waals surface area contributed by atoms with Crippen LogP contribution in [0, 0.1) is 0 Å². The van der Waals surface area contributed by atoms with Crippen molar-refractivity contribution in [1.29, 1.82) is 0 Å². The van der Waals surface area contributed by atoms with Crippen LogP contribution in [0.25, 0.3) is 0 Å². The molecule has 0 spiro atoms. The second kappa shape index (κ2) is 9.35. The van der Waals surface area contributed by atoms with Gasteiger partial charge in [-0.2, -0.15) is 0 Å². The summed E-state index contributed by atoms with van der Waals surface area (Å²) in [6.07, 6.45) is 0.114. The lowest BCUT2D eigenvalue weighted by atomic mass is 9.88. The van der Waals surface area contributed by atoms with Crippen LogP contribution >= 0.6 is 35.0 Å². The second-order valence-corrected chi connectivity index (χ2v) is 8.30. The maximum Gasteiger partial charge on any atom is 0.337 e. The molecule has 0 saturated heterocycles. The van der Waals surface area contributed by atoms with E-state index in [0.717, 1.165) is 10.5 Å². The van der Waals surface area contributed by atoms with Crippen molar-refractivity contribution in [3.05, 3.63) is 93.5 Å². The molecule has 4 nitrogen and oxygen atoms in total. The maximum atomic E-state index is 12.1. The molecule has 29 heavy (non-hydrogen) atoms. The molecule has 3 rings (SSSR count). The zero-order valence-corrected chi connectivity index (χ0v) is 17.3. The molecule has 0 aliphatic rings. The number of hydrogen-bond donors (Lipinski definition) is 2. The SMILES string of the molecule is O=C(O)c1c(Sc2ccccc2)cc(Cl)cc1C(Cc1ccc(Cl)cc1)C(=O)O. The van der Waals surface area contributed by atoms with E-state index in [0.29, 0.717) is 9.92 Å². The average molecular weight is 447 g/mol. The van der Waals surface area contributed by atoms with Crippen LogP contribution in [0.15, 0.2) is 76.5 Å². The van der Waals surface area contributed by atoms with Crippen LogP contribution in [0.5, 0.6) is 0 Å². The number of aromatic carboxylic acids is 1. The smallest absolute Gasteiger partial charge is 0.337 e. The number of carboxylic acid groups (broad SMARTS) is 2. The Balaban J connectivity index is 2.08. The summed E-state index contributed by atoms with van der Waals surface area (Å²) in [5, 5.41) is 20.6. The molecule has 0 aromatic heterocycles. The quantitative estimate of drug-likeness (QED) is 0.448. The highest BCUT2D eigenvalue weighted by molar-refractivity contribution is 7.99. The van der Waals surface area contributed by atoms with Crippen LogP contribution in [0.3, 0.4) is 0 Å². The zero-order chi connectivity index (χ0) is 21.0. The van der Waals surface area contributed by atoms with E-state index in [1.807, 2.05) is 30.3 Å². The number of rotatable bonds is 7. The molecule has 0 fully saturated rings. The van der Waals surface area contributed by atoms with E-state index in [1.54, 1.807) is 30.3 Å². The summed E-state index contributed by atoms with van der Waals surface area (Å²) in [6, 6.07) is 19.0. The van der Waals surface area contributed by atoms with Crippen LogP contribution in [-0.2, 0) is 11.2 Å². The topological polar surface area (TPSA) is 74.6 Å². The Morgan fingerprint density at radius 3 is 2.14 bits per heavy atom. The average Bonchev–Trinajstić information content (AvgIpc) is 2.67. The van der Waals surface area contributed by atoms with Gasteiger partial charge in [-0.3, -0.25) is 4.79 Å². The minimum atomic E-state index is -1.20. The first-order valence-corrected chi connectivity index (χ1v) is 10.2. The Labute approximate surface area is 182 Å². The standard InChI is InChI=1S/C22H16Cl2O4S/c23-14-8-6-13(7-9-14)10-18(21(25)26)17-11-15(24)12-19(20(17)22(27)28)29-16-4-2-1-3-5-16/h1-9,11-12,18H,10H2,(H,25,26)(H,27,28). The minimum Gasteiger partial charge on any atom is -0.481 e. The summed E-state index contributed by atoms with van der Waals surface area (Å²) in [5.74, 6) is -3.39. The molecule has 148 valence electrons. The van der Waals surface area contributed by atoms with Gasteiger partial charge in [-0.25, -0.2) is 4.79 Å². The lowest BCUT2D eigenvalue weighted by Crippen LogP contribution is -2.18. The normalized spacial score (nSPS) is 11.8. The molecule has 2 N–H and O–H groups in total. The van der Waals surface area contributed by atoms with E-state index in [1.165, 1.54) is 17.8 Å². The molecule has 1 unspecified atom stereocenters. The molecular weight excluding hydrogens is 431 g/mol. The zero-order valence-electron chi connectivity index (χ0n) is 15.0. The molecule has 0 aliphatic heterocycles. The molecule has 7 heteroatoms. The Bertz CT molecular complexity index is 1040. The third-order valence-electron chi connectivity index (χ3n) is 4.31. The molecule has 0 bridgehead atoms. The van der Waals surface area contributed by atoms with E-state index >= 15 is 0 Å². The van der Waals surface area contributed by atoms with Crippen LogP contribution in [0.2, 0.25) is 10.0 Å². The van der Waals surface area contributed by atoms with Crippen molar-refractivity contribution in [2.24, 2.45) is 0 Å². The molecule has 0 aliphatic carbocycles. The van der Waals surface area contributed by atoms with Crippen molar-refractivity contribution in [3.8, 4) is 0 Å². The maximum absolute atomic E-state index is 12.1. The monoisotopic (exact) mass is 446 g/mol. The number of carboxylic acids is 2. The molecule has 0 heterocycles. The van der Waals surface area contributed by atoms with Crippen molar-refractivity contribution in [2.75, 3.05) is 0 Å². The summed E-state index contributed by atoms with van der Waals surface area (Å²) >= 11 is 13.4. The third kappa shape index (κ3) is 5.32. The van der Waals surface area contributed by atoms with Crippen LogP contribution < -0.4 is 0 Å². The van der Waals surface area contributed by atoms with Gasteiger partial charge in [0.1, 0.15) is 0 Å². The fourth-order valence-electron chi connectivity index (χ4n) is 2.99. The van der Waals surface area contributed by atoms with Gasteiger partial charge in [0.25, 0.3) is 0 Å². The molecular formula is C22H16Cl2O4S. The predicted molar refractivity (Wildman–Crippen MR) is 115 cm³/mol. The van der Waals surface area contributed by atoms with Crippen molar-refractivity contribution < 1.29 is 19.8 Å². The molecule has 1 atom stereocenters. The molecule has 0 amide bonds. The van der Waals surface area contributed by atoms with E-state index in [-0.39, 0.29) is 22.6 Å². The van der Waals surface area contributed by atoms with Crippen LogP contribution in [0.1, 0.15) is 27.4 Å². The highest BCUT2D eigenvalue weighted by Crippen LogP contribution is 2.38. The number of halogens is 2. The molecule has 0 radical (unpaired) electrons. The van der Waals surface area contributed by atoms with Crippen LogP contribution in [-0.4, -0.2) is 22.2 Å². The molecule has 3 aromatic carbocycles. The van der Waals surface area contributed by atoms with Gasteiger partial charge >= 0.3 is 11.9 Å². The van der Waals surface area contributed by atoms with Gasteiger partial charge in [0.15, 0.2) is 0 Å². The lowest BCUT2D eigenvalue weighted by molar-refractivity contribution is -0.138. The number of hydrogen-bond acceptors (Lipinski definition) is 3. The lowest BCUT2D eigenvalue weighted by Gasteiger charge is -2.18. The van der Waals surface area contributed by atoms with Crippen molar-refractivity contribution in [1.82, 2.24) is 0 Å². The second-order valence-electron chi connectivity index (χ2n) is 6.31. The van der Waals surface area contributed by atoms with Gasteiger partial charge in [0.2, 0.25) is 0 Å². The first kappa shape index (κ1) is 21.2. The Morgan fingerprint density at radius 2 is 1.55 bits per heavy atom. The van der Waals surface area contributed by atoms with Gasteiger partial charge in [-0.15, -0.1) is 0 Å². The van der Waals surface area contributed by atoms with Crippen molar-refractivity contribution in [2.45, 2.75) is 22.1 Å². The molecule has 3 aromatic rings. The number of carbonyl (C=O) groups is 2. The summed E-state index contributed by atoms with van der Waals surface area (Å²) in [6.45, 7) is 0. The third-order valence-corrected chi connectivity index (χ3v) is 5.83. The number of benzene rings is 3. The summed E-state index contributed by atoms with van der Waals surface area (Å²) in [4.78, 5) is 25.4. The van der Waals surface area contributed by atoms with Gasteiger partial charge in [-0.05, 0) is 53.9 Å². The van der Waals surface area contributed by atoms with Crippen molar-refractivity contribution in [3.63, 3.8) is 0 Å². The van der Waals surface area contributed by atoms with E-state index < -0.39 is 17.9 Å². The molecule has 0 saturated carbocycles. The first-order chi connectivity index (χ1) is 13.8. The Morgan fingerprint density at radius 1 is 0.897 bits per heavy atom. The van der Waals surface area contributed by atoms with E-state index in [9.17, 15) is 19.8 Å². The summed E-state index contributed by atoms with van der Waals surface area (Å²) in [7, 11) is 0. The van der Waals surface area contributed by atoms with Gasteiger partial charge in [0, 0.05) is 19.8 Å². The van der Waals surface area contributed by atoms with Gasteiger partial charge in [0.05, 0.1) is 11.5 Å².